The topological polar surface area (TPSA) is 82.5 Å². The van der Waals surface area contributed by atoms with E-state index in [0.717, 1.165) is 12.0 Å². The smallest absolute Gasteiger partial charge is 0.262 e. The second kappa shape index (κ2) is 7.32. The van der Waals surface area contributed by atoms with E-state index in [2.05, 4.69) is 9.82 Å². The Hall–Kier alpha value is -3.00. The summed E-state index contributed by atoms with van der Waals surface area (Å²) in [5.41, 5.74) is 1.43. The molecule has 1 N–H and O–H groups in total. The minimum Gasteiger partial charge on any atom is -0.490 e. The first-order chi connectivity index (χ1) is 13.1. The average Bonchev–Trinajstić information content (AvgIpc) is 3.03. The molecule has 0 aliphatic carbocycles. The standard InChI is InChI=1S/C19H19N3O4S/c23-27(24,17-6-7-18-19(13-17)26-11-3-10-25-18)21-16-5-1-4-15(12-16)14-22-9-2-8-20-22/h1-2,4-9,12-13,21H,3,10-11,14H2. The van der Waals surface area contributed by atoms with Gasteiger partial charge >= 0.3 is 0 Å². The zero-order valence-corrected chi connectivity index (χ0v) is 15.4. The molecule has 0 amide bonds. The summed E-state index contributed by atoms with van der Waals surface area (Å²) in [6.45, 7) is 1.62. The van der Waals surface area contributed by atoms with Crippen molar-refractivity contribution in [3.05, 3.63) is 66.5 Å². The summed E-state index contributed by atoms with van der Waals surface area (Å²) in [6.07, 6.45) is 4.32. The number of anilines is 1. The molecule has 0 bridgehead atoms. The molecule has 0 saturated carbocycles. The van der Waals surface area contributed by atoms with Gasteiger partial charge in [-0.05, 0) is 35.9 Å². The molecule has 0 spiro atoms. The average molecular weight is 385 g/mol. The Morgan fingerprint density at radius 1 is 1.04 bits per heavy atom. The van der Waals surface area contributed by atoms with Crippen molar-refractivity contribution in [3.63, 3.8) is 0 Å². The fourth-order valence-electron chi connectivity index (χ4n) is 2.84. The molecule has 0 unspecified atom stereocenters. The number of sulfonamides is 1. The molecular formula is C19H19N3O4S. The van der Waals surface area contributed by atoms with Gasteiger partial charge in [-0.3, -0.25) is 9.40 Å². The van der Waals surface area contributed by atoms with Crippen LogP contribution in [-0.4, -0.2) is 31.4 Å². The van der Waals surface area contributed by atoms with Crippen LogP contribution in [0.2, 0.25) is 0 Å². The van der Waals surface area contributed by atoms with Gasteiger partial charge in [0.2, 0.25) is 0 Å². The lowest BCUT2D eigenvalue weighted by molar-refractivity contribution is 0.297. The van der Waals surface area contributed by atoms with Crippen LogP contribution in [0, 0.1) is 0 Å². The highest BCUT2D eigenvalue weighted by molar-refractivity contribution is 7.92. The van der Waals surface area contributed by atoms with Crippen LogP contribution < -0.4 is 14.2 Å². The summed E-state index contributed by atoms with van der Waals surface area (Å²) in [5.74, 6) is 1.01. The zero-order valence-electron chi connectivity index (χ0n) is 14.5. The van der Waals surface area contributed by atoms with Gasteiger partial charge in [-0.2, -0.15) is 5.10 Å². The van der Waals surface area contributed by atoms with Crippen molar-refractivity contribution >= 4 is 15.7 Å². The summed E-state index contributed by atoms with van der Waals surface area (Å²) in [6, 6.07) is 13.7. The number of rotatable bonds is 5. The predicted octanol–water partition coefficient (Wildman–Crippen LogP) is 2.89. The minimum atomic E-state index is -3.75. The van der Waals surface area contributed by atoms with Crippen molar-refractivity contribution in [2.75, 3.05) is 17.9 Å². The largest absolute Gasteiger partial charge is 0.490 e. The molecule has 3 aromatic rings. The quantitative estimate of drug-likeness (QED) is 0.730. The van der Waals surface area contributed by atoms with Crippen molar-refractivity contribution in [2.24, 2.45) is 0 Å². The van der Waals surface area contributed by atoms with Crippen LogP contribution in [0.4, 0.5) is 5.69 Å². The molecule has 4 rings (SSSR count). The second-order valence-corrected chi connectivity index (χ2v) is 7.85. The van der Waals surface area contributed by atoms with E-state index in [1.54, 1.807) is 29.1 Å². The van der Waals surface area contributed by atoms with E-state index in [-0.39, 0.29) is 4.90 Å². The lowest BCUT2D eigenvalue weighted by Crippen LogP contribution is -2.13. The van der Waals surface area contributed by atoms with Gasteiger partial charge in [0.1, 0.15) is 0 Å². The fraction of sp³-hybridized carbons (Fsp3) is 0.211. The molecular weight excluding hydrogens is 366 g/mol. The van der Waals surface area contributed by atoms with Crippen molar-refractivity contribution in [1.82, 2.24) is 9.78 Å². The SMILES string of the molecule is O=S(=O)(Nc1cccc(Cn2cccn2)c1)c1ccc2c(c1)OCCCO2. The zero-order chi connectivity index (χ0) is 18.7. The lowest BCUT2D eigenvalue weighted by Gasteiger charge is -2.12. The molecule has 1 aliphatic heterocycles. The third-order valence-electron chi connectivity index (χ3n) is 4.11. The number of fused-ring (bicyclic) bond motifs is 1. The van der Waals surface area contributed by atoms with Crippen LogP contribution in [0.1, 0.15) is 12.0 Å². The number of hydrogen-bond acceptors (Lipinski definition) is 5. The highest BCUT2D eigenvalue weighted by Crippen LogP contribution is 2.32. The number of nitrogens with one attached hydrogen (secondary N) is 1. The predicted molar refractivity (Wildman–Crippen MR) is 101 cm³/mol. The Balaban J connectivity index is 1.56. The summed E-state index contributed by atoms with van der Waals surface area (Å²) < 4.78 is 41.1. The first-order valence-electron chi connectivity index (χ1n) is 8.59. The van der Waals surface area contributed by atoms with Crippen LogP contribution in [0.25, 0.3) is 0 Å². The molecule has 2 aromatic carbocycles. The normalized spacial score (nSPS) is 13.8. The number of hydrogen-bond donors (Lipinski definition) is 1. The van der Waals surface area contributed by atoms with E-state index in [1.165, 1.54) is 12.1 Å². The van der Waals surface area contributed by atoms with Crippen molar-refractivity contribution in [2.45, 2.75) is 17.9 Å². The van der Waals surface area contributed by atoms with Crippen LogP contribution in [0.15, 0.2) is 65.8 Å². The Morgan fingerprint density at radius 3 is 2.70 bits per heavy atom. The van der Waals surface area contributed by atoms with Gasteiger partial charge in [0.05, 0.1) is 24.7 Å². The van der Waals surface area contributed by atoms with E-state index in [1.807, 2.05) is 24.4 Å². The molecule has 8 heteroatoms. The van der Waals surface area contributed by atoms with E-state index in [4.69, 9.17) is 9.47 Å². The Kier molecular flexibility index (Phi) is 4.72. The van der Waals surface area contributed by atoms with E-state index in [0.29, 0.717) is 36.9 Å². The highest BCUT2D eigenvalue weighted by atomic mass is 32.2. The minimum absolute atomic E-state index is 0.129. The fourth-order valence-corrected chi connectivity index (χ4v) is 3.90. The van der Waals surface area contributed by atoms with Gasteiger partial charge in [-0.15, -0.1) is 0 Å². The maximum atomic E-state index is 12.8. The number of ether oxygens (including phenoxy) is 2. The Morgan fingerprint density at radius 2 is 1.89 bits per heavy atom. The third-order valence-corrected chi connectivity index (χ3v) is 5.49. The maximum absolute atomic E-state index is 12.8. The number of aromatic nitrogens is 2. The van der Waals surface area contributed by atoms with Crippen molar-refractivity contribution in [1.29, 1.82) is 0 Å². The monoisotopic (exact) mass is 385 g/mol. The van der Waals surface area contributed by atoms with Gasteiger partial charge in [-0.25, -0.2) is 8.42 Å². The van der Waals surface area contributed by atoms with Crippen molar-refractivity contribution in [3.8, 4) is 11.5 Å². The van der Waals surface area contributed by atoms with E-state index >= 15 is 0 Å². The first-order valence-corrected chi connectivity index (χ1v) is 10.1. The van der Waals surface area contributed by atoms with Gasteiger partial charge < -0.3 is 9.47 Å². The molecule has 0 saturated heterocycles. The van der Waals surface area contributed by atoms with Crippen LogP contribution in [-0.2, 0) is 16.6 Å². The molecule has 1 aromatic heterocycles. The first kappa shape index (κ1) is 17.4. The highest BCUT2D eigenvalue weighted by Gasteiger charge is 2.19. The molecule has 27 heavy (non-hydrogen) atoms. The number of nitrogens with zero attached hydrogens (tertiary/aromatic N) is 2. The molecule has 0 fully saturated rings. The molecule has 140 valence electrons. The summed E-state index contributed by atoms with van der Waals surface area (Å²) in [7, 11) is -3.75. The Labute approximate surface area is 157 Å². The number of benzene rings is 2. The van der Waals surface area contributed by atoms with Crippen molar-refractivity contribution < 1.29 is 17.9 Å². The van der Waals surface area contributed by atoms with Gasteiger partial charge in [0, 0.05) is 30.6 Å². The van der Waals surface area contributed by atoms with Crippen LogP contribution in [0.5, 0.6) is 11.5 Å². The van der Waals surface area contributed by atoms with E-state index < -0.39 is 10.0 Å². The third kappa shape index (κ3) is 4.06. The van der Waals surface area contributed by atoms with E-state index in [9.17, 15) is 8.42 Å². The maximum Gasteiger partial charge on any atom is 0.262 e. The summed E-state index contributed by atoms with van der Waals surface area (Å²) in [4.78, 5) is 0.129. The Bertz CT molecular complexity index is 1030. The lowest BCUT2D eigenvalue weighted by atomic mass is 10.2. The molecule has 0 radical (unpaired) electrons. The second-order valence-electron chi connectivity index (χ2n) is 6.17. The molecule has 1 aliphatic rings. The van der Waals surface area contributed by atoms with Gasteiger partial charge in [-0.1, -0.05) is 12.1 Å². The van der Waals surface area contributed by atoms with Gasteiger partial charge in [0.25, 0.3) is 10.0 Å². The van der Waals surface area contributed by atoms with Crippen LogP contribution in [0.3, 0.4) is 0 Å². The molecule has 2 heterocycles. The molecule has 7 nitrogen and oxygen atoms in total. The summed E-state index contributed by atoms with van der Waals surface area (Å²) in [5, 5.41) is 4.16. The van der Waals surface area contributed by atoms with Crippen LogP contribution >= 0.6 is 0 Å². The summed E-state index contributed by atoms with van der Waals surface area (Å²) >= 11 is 0. The van der Waals surface area contributed by atoms with Gasteiger partial charge in [0.15, 0.2) is 11.5 Å². The molecule has 0 atom stereocenters.